The molecule has 98 valence electrons. The number of hydrogen-bond donors (Lipinski definition) is 0. The summed E-state index contributed by atoms with van der Waals surface area (Å²) in [7, 11) is 0. The van der Waals surface area contributed by atoms with Crippen LogP contribution < -0.4 is 0 Å². The molecule has 0 aromatic heterocycles. The quantitative estimate of drug-likeness (QED) is 0.591. The Morgan fingerprint density at radius 2 is 1.74 bits per heavy atom. The number of nitriles is 1. The second-order valence-corrected chi connectivity index (χ2v) is 4.52. The third-order valence-electron chi connectivity index (χ3n) is 3.53. The topological polar surface area (TPSA) is 40.9 Å². The normalized spacial score (nSPS) is 17.3. The van der Waals surface area contributed by atoms with Crippen LogP contribution in [-0.2, 0) is 10.2 Å². The second-order valence-electron chi connectivity index (χ2n) is 4.52. The predicted octanol–water partition coefficient (Wildman–Crippen LogP) is 3.95. The second kappa shape index (κ2) is 7.33. The summed E-state index contributed by atoms with van der Waals surface area (Å²) >= 11 is 0. The van der Waals surface area contributed by atoms with E-state index in [0.29, 0.717) is 18.6 Å². The Labute approximate surface area is 115 Å². The van der Waals surface area contributed by atoms with Crippen LogP contribution in [0.25, 0.3) is 0 Å². The first-order valence-electron chi connectivity index (χ1n) is 6.41. The fourth-order valence-corrected chi connectivity index (χ4v) is 2.49. The van der Waals surface area contributed by atoms with Gasteiger partial charge in [0, 0.05) is 24.3 Å². The first-order chi connectivity index (χ1) is 9.27. The molecule has 1 aromatic carbocycles. The molecule has 0 saturated heterocycles. The van der Waals surface area contributed by atoms with Crippen molar-refractivity contribution in [3.8, 4) is 6.07 Å². The Hall–Kier alpha value is -2.14. The van der Waals surface area contributed by atoms with Crippen LogP contribution in [0, 0.1) is 11.3 Å². The molecule has 0 unspecified atom stereocenters. The number of carbonyl (C=O) groups excluding carboxylic acids is 1. The van der Waals surface area contributed by atoms with Crippen molar-refractivity contribution in [1.29, 1.82) is 5.26 Å². The smallest absolute Gasteiger partial charge is 0.133 e. The zero-order valence-corrected chi connectivity index (χ0v) is 11.1. The number of ketones is 1. The van der Waals surface area contributed by atoms with E-state index in [9.17, 15) is 4.79 Å². The van der Waals surface area contributed by atoms with Crippen molar-refractivity contribution in [2.75, 3.05) is 0 Å². The van der Waals surface area contributed by atoms with E-state index in [1.807, 2.05) is 24.3 Å². The number of hydrogen-bond acceptors (Lipinski definition) is 2. The zero-order valence-electron chi connectivity index (χ0n) is 11.1. The number of rotatable bonds is 2. The van der Waals surface area contributed by atoms with E-state index in [2.05, 4.69) is 31.4 Å². The highest BCUT2D eigenvalue weighted by atomic mass is 16.1. The molecule has 0 amide bonds. The maximum Gasteiger partial charge on any atom is 0.133 e. The van der Waals surface area contributed by atoms with Crippen molar-refractivity contribution >= 4 is 5.78 Å². The summed E-state index contributed by atoms with van der Waals surface area (Å²) in [5.74, 6) is 0.335. The van der Waals surface area contributed by atoms with Crippen molar-refractivity contribution in [2.24, 2.45) is 0 Å². The summed E-state index contributed by atoms with van der Waals surface area (Å²) < 4.78 is 0. The SMILES string of the molecule is C=C.N#CC=CC1(c2ccccc2)CCC(=O)CC1. The molecule has 0 bridgehead atoms. The molecule has 0 heterocycles. The molecule has 1 fully saturated rings. The van der Waals surface area contributed by atoms with Gasteiger partial charge in [-0.1, -0.05) is 36.4 Å². The Balaban J connectivity index is 0.000000861. The van der Waals surface area contributed by atoms with Crippen LogP contribution in [-0.4, -0.2) is 5.78 Å². The fourth-order valence-electron chi connectivity index (χ4n) is 2.49. The molecule has 2 heteroatoms. The Morgan fingerprint density at radius 3 is 2.26 bits per heavy atom. The molecule has 0 spiro atoms. The highest BCUT2D eigenvalue weighted by Gasteiger charge is 2.33. The molecular weight excluding hydrogens is 234 g/mol. The van der Waals surface area contributed by atoms with Gasteiger partial charge in [-0.25, -0.2) is 0 Å². The minimum atomic E-state index is -0.120. The zero-order chi connectivity index (χ0) is 14.1. The van der Waals surface area contributed by atoms with Gasteiger partial charge in [0.05, 0.1) is 6.07 Å². The maximum absolute atomic E-state index is 11.4. The average Bonchev–Trinajstić information content (AvgIpc) is 2.50. The number of allylic oxidation sites excluding steroid dienone is 2. The standard InChI is InChI=1S/C15H15NO.C2H4/c16-12-4-9-15(10-7-14(17)8-11-15)13-5-2-1-3-6-13;1-2/h1-6,9H,7-8,10-11H2;1-2H2. The lowest BCUT2D eigenvalue weighted by Gasteiger charge is -2.34. The third kappa shape index (κ3) is 3.66. The molecule has 0 radical (unpaired) electrons. The molecule has 1 aliphatic carbocycles. The fraction of sp³-hybridized carbons (Fsp3) is 0.294. The van der Waals surface area contributed by atoms with E-state index < -0.39 is 0 Å². The van der Waals surface area contributed by atoms with E-state index in [4.69, 9.17) is 5.26 Å². The lowest BCUT2D eigenvalue weighted by molar-refractivity contribution is -0.121. The van der Waals surface area contributed by atoms with Crippen molar-refractivity contribution in [3.63, 3.8) is 0 Å². The van der Waals surface area contributed by atoms with Gasteiger partial charge in [-0.3, -0.25) is 4.79 Å². The van der Waals surface area contributed by atoms with Gasteiger partial charge in [-0.05, 0) is 18.4 Å². The molecule has 1 saturated carbocycles. The van der Waals surface area contributed by atoms with Crippen LogP contribution in [0.2, 0.25) is 0 Å². The molecule has 2 nitrogen and oxygen atoms in total. The number of carbonyl (C=O) groups is 1. The predicted molar refractivity (Wildman–Crippen MR) is 77.6 cm³/mol. The lowest BCUT2D eigenvalue weighted by Crippen LogP contribution is -2.29. The Kier molecular flexibility index (Phi) is 5.75. The van der Waals surface area contributed by atoms with Gasteiger partial charge in [0.25, 0.3) is 0 Å². The van der Waals surface area contributed by atoms with Crippen LogP contribution in [0.4, 0.5) is 0 Å². The monoisotopic (exact) mass is 253 g/mol. The Morgan fingerprint density at radius 1 is 1.16 bits per heavy atom. The minimum absolute atomic E-state index is 0.120. The molecule has 1 aliphatic rings. The van der Waals surface area contributed by atoms with Gasteiger partial charge >= 0.3 is 0 Å². The highest BCUT2D eigenvalue weighted by Crippen LogP contribution is 2.39. The number of nitrogens with zero attached hydrogens (tertiary/aromatic N) is 1. The van der Waals surface area contributed by atoms with Crippen LogP contribution in [0.15, 0.2) is 55.6 Å². The van der Waals surface area contributed by atoms with Crippen LogP contribution in [0.3, 0.4) is 0 Å². The Bertz CT molecular complexity index is 472. The molecular formula is C17H19NO. The van der Waals surface area contributed by atoms with Gasteiger partial charge in [0.2, 0.25) is 0 Å². The molecule has 2 rings (SSSR count). The highest BCUT2D eigenvalue weighted by molar-refractivity contribution is 5.79. The lowest BCUT2D eigenvalue weighted by atomic mass is 9.69. The third-order valence-corrected chi connectivity index (χ3v) is 3.53. The van der Waals surface area contributed by atoms with Crippen molar-refractivity contribution in [2.45, 2.75) is 31.1 Å². The molecule has 0 N–H and O–H groups in total. The van der Waals surface area contributed by atoms with E-state index in [1.54, 1.807) is 6.08 Å². The summed E-state index contributed by atoms with van der Waals surface area (Å²) in [5, 5.41) is 8.71. The summed E-state index contributed by atoms with van der Waals surface area (Å²) in [5.41, 5.74) is 1.09. The van der Waals surface area contributed by atoms with E-state index in [0.717, 1.165) is 12.8 Å². The minimum Gasteiger partial charge on any atom is -0.300 e. The average molecular weight is 253 g/mol. The number of Topliss-reactive ketones (excluding diaryl/α,β-unsaturated/α-hetero) is 1. The molecule has 1 aromatic rings. The van der Waals surface area contributed by atoms with Crippen molar-refractivity contribution < 1.29 is 4.79 Å². The molecule has 19 heavy (non-hydrogen) atoms. The van der Waals surface area contributed by atoms with Gasteiger partial charge < -0.3 is 0 Å². The maximum atomic E-state index is 11.4. The summed E-state index contributed by atoms with van der Waals surface area (Å²) in [4.78, 5) is 11.4. The largest absolute Gasteiger partial charge is 0.300 e. The molecule has 0 atom stereocenters. The van der Waals surface area contributed by atoms with Crippen LogP contribution in [0.5, 0.6) is 0 Å². The first-order valence-corrected chi connectivity index (χ1v) is 6.41. The van der Waals surface area contributed by atoms with Gasteiger partial charge in [0.15, 0.2) is 0 Å². The van der Waals surface area contributed by atoms with Gasteiger partial charge in [0.1, 0.15) is 5.78 Å². The van der Waals surface area contributed by atoms with Crippen molar-refractivity contribution in [1.82, 2.24) is 0 Å². The van der Waals surface area contributed by atoms with E-state index in [-0.39, 0.29) is 5.41 Å². The van der Waals surface area contributed by atoms with E-state index >= 15 is 0 Å². The van der Waals surface area contributed by atoms with Gasteiger partial charge in [-0.15, -0.1) is 13.2 Å². The molecule has 0 aliphatic heterocycles. The van der Waals surface area contributed by atoms with E-state index in [1.165, 1.54) is 5.56 Å². The summed E-state index contributed by atoms with van der Waals surface area (Å²) in [6.07, 6.45) is 6.37. The van der Waals surface area contributed by atoms with Gasteiger partial charge in [-0.2, -0.15) is 5.26 Å². The first kappa shape index (κ1) is 14.9. The van der Waals surface area contributed by atoms with Crippen molar-refractivity contribution in [3.05, 3.63) is 61.2 Å². The summed E-state index contributed by atoms with van der Waals surface area (Å²) in [6.45, 7) is 6.00. The van der Waals surface area contributed by atoms with Crippen LogP contribution >= 0.6 is 0 Å². The van der Waals surface area contributed by atoms with Crippen LogP contribution in [0.1, 0.15) is 31.2 Å². The summed E-state index contributed by atoms with van der Waals surface area (Å²) in [6, 6.07) is 12.2. The number of benzene rings is 1.